The monoisotopic (exact) mass is 305 g/mol. The maximum absolute atomic E-state index is 12.2. The summed E-state index contributed by atoms with van der Waals surface area (Å²) in [6.45, 7) is 0.486. The zero-order chi connectivity index (χ0) is 13.0. The molecule has 0 aromatic carbocycles. The van der Waals surface area contributed by atoms with E-state index in [1.807, 2.05) is 18.2 Å². The Morgan fingerprint density at radius 3 is 2.78 bits per heavy atom. The van der Waals surface area contributed by atoms with Gasteiger partial charge in [-0.25, -0.2) is 4.98 Å². The molecule has 0 bridgehead atoms. The van der Waals surface area contributed by atoms with Crippen LogP contribution in [0.5, 0.6) is 0 Å². The molecule has 92 valence electrons. The van der Waals surface area contributed by atoms with Crippen molar-refractivity contribution < 1.29 is 4.79 Å². The molecule has 1 amide bonds. The first-order chi connectivity index (χ1) is 8.66. The average Bonchev–Trinajstić information content (AvgIpc) is 2.39. The molecule has 2 rings (SSSR count). The van der Waals surface area contributed by atoms with E-state index in [-0.39, 0.29) is 5.91 Å². The van der Waals surface area contributed by atoms with E-state index < -0.39 is 0 Å². The third-order valence-corrected chi connectivity index (χ3v) is 2.88. The number of nitrogens with zero attached hydrogens (tertiary/aromatic N) is 3. The van der Waals surface area contributed by atoms with Crippen molar-refractivity contribution in [2.45, 2.75) is 6.54 Å². The number of pyridine rings is 2. The highest BCUT2D eigenvalue weighted by molar-refractivity contribution is 9.10. The molecule has 5 heteroatoms. The third-order valence-electron chi connectivity index (χ3n) is 2.45. The SMILES string of the molecule is CN(Cc1ccccn1)C(=O)c1ccnc(Br)c1. The molecule has 0 saturated carbocycles. The van der Waals surface area contributed by atoms with Crippen molar-refractivity contribution in [3.8, 4) is 0 Å². The van der Waals surface area contributed by atoms with Crippen molar-refractivity contribution in [3.05, 3.63) is 58.6 Å². The molecule has 0 saturated heterocycles. The van der Waals surface area contributed by atoms with Gasteiger partial charge in [-0.2, -0.15) is 0 Å². The summed E-state index contributed by atoms with van der Waals surface area (Å²) in [4.78, 5) is 22.0. The standard InChI is InChI=1S/C13H12BrN3O/c1-17(9-11-4-2-3-6-15-11)13(18)10-5-7-16-12(14)8-10/h2-8H,9H2,1H3. The molecule has 0 aliphatic rings. The van der Waals surface area contributed by atoms with E-state index in [1.54, 1.807) is 36.5 Å². The minimum atomic E-state index is -0.0521. The second kappa shape index (κ2) is 5.73. The number of hydrogen-bond acceptors (Lipinski definition) is 3. The highest BCUT2D eigenvalue weighted by atomic mass is 79.9. The fourth-order valence-corrected chi connectivity index (χ4v) is 1.93. The molecule has 0 fully saturated rings. The van der Waals surface area contributed by atoms with Gasteiger partial charge in [-0.15, -0.1) is 0 Å². The third kappa shape index (κ3) is 3.13. The molecular weight excluding hydrogens is 294 g/mol. The highest BCUT2D eigenvalue weighted by Crippen LogP contribution is 2.11. The Bertz CT molecular complexity index is 545. The van der Waals surface area contributed by atoms with E-state index >= 15 is 0 Å². The lowest BCUT2D eigenvalue weighted by Gasteiger charge is -2.16. The molecule has 0 unspecified atom stereocenters. The van der Waals surface area contributed by atoms with Crippen LogP contribution in [0.3, 0.4) is 0 Å². The van der Waals surface area contributed by atoms with Crippen LogP contribution in [0, 0.1) is 0 Å². The molecule has 0 aliphatic heterocycles. The second-order valence-electron chi connectivity index (χ2n) is 3.85. The van der Waals surface area contributed by atoms with Gasteiger partial charge in [0.05, 0.1) is 12.2 Å². The first kappa shape index (κ1) is 12.7. The van der Waals surface area contributed by atoms with Gasteiger partial charge >= 0.3 is 0 Å². The quantitative estimate of drug-likeness (QED) is 0.819. The Morgan fingerprint density at radius 1 is 1.28 bits per heavy atom. The normalized spacial score (nSPS) is 10.1. The Balaban J connectivity index is 2.10. The van der Waals surface area contributed by atoms with Crippen LogP contribution in [0.1, 0.15) is 16.1 Å². The van der Waals surface area contributed by atoms with Crippen LogP contribution >= 0.6 is 15.9 Å². The van der Waals surface area contributed by atoms with Crippen LogP contribution < -0.4 is 0 Å². The van der Waals surface area contributed by atoms with Gasteiger partial charge in [0.25, 0.3) is 5.91 Å². The van der Waals surface area contributed by atoms with Gasteiger partial charge in [-0.1, -0.05) is 6.07 Å². The van der Waals surface area contributed by atoms with E-state index in [0.29, 0.717) is 16.7 Å². The number of hydrogen-bond donors (Lipinski definition) is 0. The predicted octanol–water partition coefficient (Wildman–Crippen LogP) is 2.51. The van der Waals surface area contributed by atoms with Gasteiger partial charge in [0.1, 0.15) is 4.60 Å². The predicted molar refractivity (Wildman–Crippen MR) is 72.0 cm³/mol. The number of amides is 1. The summed E-state index contributed by atoms with van der Waals surface area (Å²) in [5, 5.41) is 0. The second-order valence-corrected chi connectivity index (χ2v) is 4.66. The molecule has 0 aliphatic carbocycles. The summed E-state index contributed by atoms with van der Waals surface area (Å²) >= 11 is 3.25. The van der Waals surface area contributed by atoms with Crippen LogP contribution in [0.4, 0.5) is 0 Å². The van der Waals surface area contributed by atoms with Gasteiger partial charge in [-0.05, 0) is 40.2 Å². The molecular formula is C13H12BrN3O. The van der Waals surface area contributed by atoms with Crippen molar-refractivity contribution in [2.24, 2.45) is 0 Å². The topological polar surface area (TPSA) is 46.1 Å². The maximum Gasteiger partial charge on any atom is 0.254 e. The summed E-state index contributed by atoms with van der Waals surface area (Å²) in [5.41, 5.74) is 1.47. The molecule has 2 heterocycles. The van der Waals surface area contributed by atoms with E-state index in [1.165, 1.54) is 0 Å². The van der Waals surface area contributed by atoms with Gasteiger partial charge in [0, 0.05) is 25.0 Å². The number of rotatable bonds is 3. The summed E-state index contributed by atoms with van der Waals surface area (Å²) < 4.78 is 0.652. The van der Waals surface area contributed by atoms with Crippen molar-refractivity contribution in [1.29, 1.82) is 0 Å². The van der Waals surface area contributed by atoms with Gasteiger partial charge < -0.3 is 4.90 Å². The zero-order valence-electron chi connectivity index (χ0n) is 9.88. The largest absolute Gasteiger partial charge is 0.336 e. The van der Waals surface area contributed by atoms with Crippen LogP contribution in [0.25, 0.3) is 0 Å². The van der Waals surface area contributed by atoms with Crippen LogP contribution in [0.2, 0.25) is 0 Å². The van der Waals surface area contributed by atoms with E-state index in [4.69, 9.17) is 0 Å². The summed E-state index contributed by atoms with van der Waals surface area (Å²) in [6, 6.07) is 9.06. The number of carbonyl (C=O) groups excluding carboxylic acids is 1. The number of aromatic nitrogens is 2. The molecule has 0 atom stereocenters. The minimum Gasteiger partial charge on any atom is -0.336 e. The summed E-state index contributed by atoms with van der Waals surface area (Å²) in [7, 11) is 1.76. The van der Waals surface area contributed by atoms with E-state index in [9.17, 15) is 4.79 Å². The Morgan fingerprint density at radius 2 is 2.11 bits per heavy atom. The smallest absolute Gasteiger partial charge is 0.254 e. The molecule has 0 spiro atoms. The van der Waals surface area contributed by atoms with Crippen LogP contribution in [-0.2, 0) is 6.54 Å². The minimum absolute atomic E-state index is 0.0521. The number of carbonyl (C=O) groups is 1. The first-order valence-corrected chi connectivity index (χ1v) is 6.23. The maximum atomic E-state index is 12.2. The Kier molecular flexibility index (Phi) is 4.04. The van der Waals surface area contributed by atoms with E-state index in [0.717, 1.165) is 5.69 Å². The molecule has 4 nitrogen and oxygen atoms in total. The molecule has 0 radical (unpaired) electrons. The molecule has 2 aromatic rings. The van der Waals surface area contributed by atoms with Crippen molar-refractivity contribution in [3.63, 3.8) is 0 Å². The lowest BCUT2D eigenvalue weighted by molar-refractivity contribution is 0.0783. The fourth-order valence-electron chi connectivity index (χ4n) is 1.56. The van der Waals surface area contributed by atoms with Crippen molar-refractivity contribution >= 4 is 21.8 Å². The first-order valence-electron chi connectivity index (χ1n) is 5.44. The van der Waals surface area contributed by atoms with Gasteiger partial charge in [-0.3, -0.25) is 9.78 Å². The van der Waals surface area contributed by atoms with Crippen molar-refractivity contribution in [2.75, 3.05) is 7.05 Å². The molecule has 0 N–H and O–H groups in total. The van der Waals surface area contributed by atoms with Crippen LogP contribution in [-0.4, -0.2) is 27.8 Å². The van der Waals surface area contributed by atoms with Gasteiger partial charge in [0.15, 0.2) is 0 Å². The molecule has 18 heavy (non-hydrogen) atoms. The Hall–Kier alpha value is -1.75. The molecule has 2 aromatic heterocycles. The zero-order valence-corrected chi connectivity index (χ0v) is 11.5. The average molecular weight is 306 g/mol. The Labute approximate surface area is 114 Å². The fraction of sp³-hybridized carbons (Fsp3) is 0.154. The van der Waals surface area contributed by atoms with Crippen LogP contribution in [0.15, 0.2) is 47.3 Å². The summed E-state index contributed by atoms with van der Waals surface area (Å²) in [6.07, 6.45) is 3.32. The van der Waals surface area contributed by atoms with Crippen molar-refractivity contribution in [1.82, 2.24) is 14.9 Å². The van der Waals surface area contributed by atoms with Gasteiger partial charge in [0.2, 0.25) is 0 Å². The highest BCUT2D eigenvalue weighted by Gasteiger charge is 2.12. The van der Waals surface area contributed by atoms with E-state index in [2.05, 4.69) is 25.9 Å². The lowest BCUT2D eigenvalue weighted by atomic mass is 10.2. The summed E-state index contributed by atoms with van der Waals surface area (Å²) in [5.74, 6) is -0.0521. The lowest BCUT2D eigenvalue weighted by Crippen LogP contribution is -2.26. The number of halogens is 1.